The first-order valence-corrected chi connectivity index (χ1v) is 15.3. The standard InChI is InChI=1S/C35H43ClO5/c1-4-6-7-8-9-10-11-12-23-39-31-20-17-28(18-21-31)27-13-15-29(16-14-27)35(38)41-33-22-19-30(24-32(33)36)34(37)40-25-26(3)5-2/h13-22,24,26H,4-12,23,25H2,1-3H3. The Morgan fingerprint density at radius 2 is 1.32 bits per heavy atom. The second-order valence-corrected chi connectivity index (χ2v) is 11.0. The van der Waals surface area contributed by atoms with Crippen molar-refractivity contribution in [2.45, 2.75) is 78.6 Å². The van der Waals surface area contributed by atoms with Crippen LogP contribution < -0.4 is 9.47 Å². The Morgan fingerprint density at radius 1 is 0.732 bits per heavy atom. The van der Waals surface area contributed by atoms with E-state index in [9.17, 15) is 9.59 Å². The van der Waals surface area contributed by atoms with Crippen LogP contribution in [0.25, 0.3) is 11.1 Å². The maximum absolute atomic E-state index is 12.7. The quantitative estimate of drug-likeness (QED) is 0.0905. The van der Waals surface area contributed by atoms with Gasteiger partial charge >= 0.3 is 11.9 Å². The highest BCUT2D eigenvalue weighted by atomic mass is 35.5. The average molecular weight is 579 g/mol. The highest BCUT2D eigenvalue weighted by Crippen LogP contribution is 2.28. The van der Waals surface area contributed by atoms with Crippen LogP contribution in [-0.2, 0) is 4.74 Å². The number of carbonyl (C=O) groups excluding carboxylic acids is 2. The minimum atomic E-state index is -0.532. The van der Waals surface area contributed by atoms with Gasteiger partial charge in [-0.3, -0.25) is 0 Å². The van der Waals surface area contributed by atoms with Crippen molar-refractivity contribution in [2.24, 2.45) is 5.92 Å². The minimum absolute atomic E-state index is 0.165. The molecule has 0 radical (unpaired) electrons. The Kier molecular flexibility index (Phi) is 13.7. The zero-order chi connectivity index (χ0) is 29.5. The van der Waals surface area contributed by atoms with Crippen LogP contribution in [0, 0.1) is 5.92 Å². The van der Waals surface area contributed by atoms with Gasteiger partial charge in [-0.05, 0) is 65.9 Å². The molecule has 0 amide bonds. The van der Waals surface area contributed by atoms with Crippen LogP contribution >= 0.6 is 11.6 Å². The number of ether oxygens (including phenoxy) is 3. The topological polar surface area (TPSA) is 61.8 Å². The molecule has 3 aromatic rings. The molecule has 220 valence electrons. The fourth-order valence-electron chi connectivity index (χ4n) is 4.26. The first-order valence-electron chi connectivity index (χ1n) is 14.9. The molecule has 0 aliphatic heterocycles. The van der Waals surface area contributed by atoms with Crippen LogP contribution in [0.2, 0.25) is 5.02 Å². The molecule has 0 fully saturated rings. The normalized spacial score (nSPS) is 11.6. The summed E-state index contributed by atoms with van der Waals surface area (Å²) in [6, 6.07) is 19.7. The van der Waals surface area contributed by atoms with E-state index in [-0.39, 0.29) is 16.7 Å². The van der Waals surface area contributed by atoms with Crippen molar-refractivity contribution in [3.05, 3.63) is 82.9 Å². The van der Waals surface area contributed by atoms with Gasteiger partial charge in [-0.15, -0.1) is 0 Å². The van der Waals surface area contributed by atoms with Gasteiger partial charge < -0.3 is 14.2 Å². The summed E-state index contributed by atoms with van der Waals surface area (Å²) in [7, 11) is 0. The fraction of sp³-hybridized carbons (Fsp3) is 0.429. The lowest BCUT2D eigenvalue weighted by Crippen LogP contribution is -2.12. The molecule has 3 rings (SSSR count). The van der Waals surface area contributed by atoms with Crippen LogP contribution in [0.4, 0.5) is 0 Å². The van der Waals surface area contributed by atoms with Crippen LogP contribution in [0.3, 0.4) is 0 Å². The van der Waals surface area contributed by atoms with Crippen molar-refractivity contribution in [2.75, 3.05) is 13.2 Å². The zero-order valence-electron chi connectivity index (χ0n) is 24.6. The molecule has 5 nitrogen and oxygen atoms in total. The third-order valence-electron chi connectivity index (χ3n) is 7.14. The second kappa shape index (κ2) is 17.5. The van der Waals surface area contributed by atoms with Gasteiger partial charge in [0.2, 0.25) is 0 Å². The van der Waals surface area contributed by atoms with Gasteiger partial charge in [-0.1, -0.05) is 108 Å². The summed E-state index contributed by atoms with van der Waals surface area (Å²) >= 11 is 6.29. The molecular formula is C35H43ClO5. The van der Waals surface area contributed by atoms with Crippen molar-refractivity contribution < 1.29 is 23.8 Å². The summed E-state index contributed by atoms with van der Waals surface area (Å²) in [5.41, 5.74) is 2.72. The predicted octanol–water partition coefficient (Wildman–Crippen LogP) is 9.95. The maximum Gasteiger partial charge on any atom is 0.343 e. The molecular weight excluding hydrogens is 536 g/mol. The van der Waals surface area contributed by atoms with Crippen LogP contribution in [0.15, 0.2) is 66.7 Å². The summed E-state index contributed by atoms with van der Waals surface area (Å²) < 4.78 is 16.7. The Hall–Kier alpha value is -3.31. The molecule has 0 saturated heterocycles. The third-order valence-corrected chi connectivity index (χ3v) is 7.44. The molecule has 1 unspecified atom stereocenters. The number of benzene rings is 3. The van der Waals surface area contributed by atoms with Gasteiger partial charge in [0.05, 0.1) is 29.4 Å². The fourth-order valence-corrected chi connectivity index (χ4v) is 4.48. The molecule has 0 aliphatic carbocycles. The number of unbranched alkanes of at least 4 members (excludes halogenated alkanes) is 7. The van der Waals surface area contributed by atoms with Gasteiger partial charge in [-0.2, -0.15) is 0 Å². The highest BCUT2D eigenvalue weighted by molar-refractivity contribution is 6.32. The Morgan fingerprint density at radius 3 is 1.93 bits per heavy atom. The molecule has 1 atom stereocenters. The summed E-state index contributed by atoms with van der Waals surface area (Å²) in [5, 5.41) is 0.165. The van der Waals surface area contributed by atoms with Gasteiger partial charge in [0, 0.05) is 0 Å². The zero-order valence-corrected chi connectivity index (χ0v) is 25.4. The maximum atomic E-state index is 12.7. The van der Waals surface area contributed by atoms with E-state index in [0.29, 0.717) is 17.7 Å². The molecule has 0 saturated carbocycles. The monoisotopic (exact) mass is 578 g/mol. The molecule has 0 aromatic heterocycles. The Labute approximate surface area is 250 Å². The van der Waals surface area contributed by atoms with Crippen LogP contribution in [0.1, 0.15) is 99.3 Å². The number of esters is 2. The number of rotatable bonds is 17. The number of carbonyl (C=O) groups is 2. The van der Waals surface area contributed by atoms with E-state index in [1.54, 1.807) is 18.2 Å². The largest absolute Gasteiger partial charge is 0.494 e. The van der Waals surface area contributed by atoms with Crippen molar-refractivity contribution in [1.82, 2.24) is 0 Å². The lowest BCUT2D eigenvalue weighted by Gasteiger charge is -2.11. The predicted molar refractivity (Wildman–Crippen MR) is 166 cm³/mol. The molecule has 0 aliphatic rings. The smallest absolute Gasteiger partial charge is 0.343 e. The van der Waals surface area contributed by atoms with Crippen molar-refractivity contribution in [3.63, 3.8) is 0 Å². The molecule has 0 heterocycles. The van der Waals surface area contributed by atoms with E-state index in [4.69, 9.17) is 25.8 Å². The molecule has 6 heteroatoms. The highest BCUT2D eigenvalue weighted by Gasteiger charge is 2.15. The van der Waals surface area contributed by atoms with Gasteiger partial charge in [0.1, 0.15) is 11.5 Å². The summed E-state index contributed by atoms with van der Waals surface area (Å²) in [4.78, 5) is 25.0. The van der Waals surface area contributed by atoms with E-state index in [1.807, 2.05) is 50.2 Å². The average Bonchev–Trinajstić information content (AvgIpc) is 3.00. The third kappa shape index (κ3) is 10.9. The van der Waals surface area contributed by atoms with Gasteiger partial charge in [0.15, 0.2) is 0 Å². The molecule has 0 spiro atoms. The number of hydrogen-bond donors (Lipinski definition) is 0. The summed E-state index contributed by atoms with van der Waals surface area (Å²) in [5.74, 6) is 0.341. The SMILES string of the molecule is CCCCCCCCCCOc1ccc(-c2ccc(C(=O)Oc3ccc(C(=O)OCC(C)CC)cc3Cl)cc2)cc1. The van der Waals surface area contributed by atoms with E-state index in [0.717, 1.165) is 36.3 Å². The van der Waals surface area contributed by atoms with Crippen LogP contribution in [-0.4, -0.2) is 25.2 Å². The summed E-state index contributed by atoms with van der Waals surface area (Å²) in [6.07, 6.45) is 11.2. The van der Waals surface area contributed by atoms with Crippen molar-refractivity contribution in [3.8, 4) is 22.6 Å². The first kappa shape index (κ1) is 32.2. The lowest BCUT2D eigenvalue weighted by atomic mass is 10.0. The Bertz CT molecular complexity index is 1220. The van der Waals surface area contributed by atoms with Gasteiger partial charge in [-0.25, -0.2) is 9.59 Å². The second-order valence-electron chi connectivity index (χ2n) is 10.6. The molecule has 0 bridgehead atoms. The number of halogens is 1. The van der Waals surface area contributed by atoms with Gasteiger partial charge in [0.25, 0.3) is 0 Å². The molecule has 41 heavy (non-hydrogen) atoms. The lowest BCUT2D eigenvalue weighted by molar-refractivity contribution is 0.0447. The van der Waals surface area contributed by atoms with Crippen molar-refractivity contribution in [1.29, 1.82) is 0 Å². The van der Waals surface area contributed by atoms with Crippen LogP contribution in [0.5, 0.6) is 11.5 Å². The van der Waals surface area contributed by atoms with E-state index in [2.05, 4.69) is 6.92 Å². The van der Waals surface area contributed by atoms with E-state index < -0.39 is 11.9 Å². The first-order chi connectivity index (χ1) is 19.9. The minimum Gasteiger partial charge on any atom is -0.494 e. The Balaban J connectivity index is 1.46. The summed E-state index contributed by atoms with van der Waals surface area (Å²) in [6.45, 7) is 7.38. The van der Waals surface area contributed by atoms with E-state index >= 15 is 0 Å². The van der Waals surface area contributed by atoms with Crippen molar-refractivity contribution >= 4 is 23.5 Å². The molecule has 3 aromatic carbocycles. The number of hydrogen-bond acceptors (Lipinski definition) is 5. The molecule has 0 N–H and O–H groups in total. The van der Waals surface area contributed by atoms with E-state index in [1.165, 1.54) is 57.1 Å².